The van der Waals surface area contributed by atoms with Crippen molar-refractivity contribution < 1.29 is 4.79 Å². The Balaban J connectivity index is 2.01. The van der Waals surface area contributed by atoms with Gasteiger partial charge in [-0.05, 0) is 29.2 Å². The van der Waals surface area contributed by atoms with Crippen LogP contribution in [0, 0.1) is 11.8 Å². The molecule has 2 heteroatoms. The number of nitrogens with zero attached hydrogens (tertiary/aromatic N) is 1. The van der Waals surface area contributed by atoms with E-state index in [1.165, 1.54) is 12.0 Å². The molecule has 1 aromatic rings. The number of hydrogen-bond donors (Lipinski definition) is 0. The minimum Gasteiger partial charge on any atom is -0.342 e. The predicted octanol–water partition coefficient (Wildman–Crippen LogP) is 3.86. The average Bonchev–Trinajstić information content (AvgIpc) is 3.09. The molecule has 110 valence electrons. The maximum absolute atomic E-state index is 12.1. The van der Waals surface area contributed by atoms with E-state index in [0.29, 0.717) is 24.2 Å². The van der Waals surface area contributed by atoms with Gasteiger partial charge in [-0.1, -0.05) is 58.0 Å². The Kier molecular flexibility index (Phi) is 4.52. The molecular weight excluding hydrogens is 246 g/mol. The van der Waals surface area contributed by atoms with Gasteiger partial charge in [-0.25, -0.2) is 0 Å². The van der Waals surface area contributed by atoms with Crippen LogP contribution in [0.25, 0.3) is 0 Å². The fourth-order valence-corrected chi connectivity index (χ4v) is 3.10. The largest absolute Gasteiger partial charge is 0.342 e. The summed E-state index contributed by atoms with van der Waals surface area (Å²) in [4.78, 5) is 14.2. The zero-order valence-corrected chi connectivity index (χ0v) is 13.2. The van der Waals surface area contributed by atoms with Crippen LogP contribution in [0.15, 0.2) is 30.3 Å². The number of amides is 1. The fourth-order valence-electron chi connectivity index (χ4n) is 3.10. The van der Waals surface area contributed by atoms with E-state index in [0.717, 1.165) is 13.1 Å². The summed E-state index contributed by atoms with van der Waals surface area (Å²) in [5, 5.41) is 0. The number of carbonyl (C=O) groups excluding carboxylic acids is 1. The Morgan fingerprint density at radius 3 is 2.55 bits per heavy atom. The maximum Gasteiger partial charge on any atom is 0.222 e. The molecule has 2 unspecified atom stereocenters. The van der Waals surface area contributed by atoms with Crippen LogP contribution >= 0.6 is 0 Å². The van der Waals surface area contributed by atoms with Gasteiger partial charge in [0.05, 0.1) is 0 Å². The van der Waals surface area contributed by atoms with Crippen LogP contribution in [0.2, 0.25) is 0 Å². The van der Waals surface area contributed by atoms with E-state index in [4.69, 9.17) is 0 Å². The van der Waals surface area contributed by atoms with Crippen molar-refractivity contribution in [3.8, 4) is 0 Å². The lowest BCUT2D eigenvalue weighted by Gasteiger charge is -2.25. The van der Waals surface area contributed by atoms with Crippen LogP contribution in [0.4, 0.5) is 0 Å². The SMILES string of the molecule is CCC(=O)N(CC(C)C)CC1CC1(C)c1ccccc1. The Hall–Kier alpha value is -1.31. The van der Waals surface area contributed by atoms with Crippen LogP contribution in [-0.2, 0) is 10.2 Å². The van der Waals surface area contributed by atoms with Crippen molar-refractivity contribution in [2.45, 2.75) is 46.0 Å². The van der Waals surface area contributed by atoms with E-state index in [-0.39, 0.29) is 5.41 Å². The average molecular weight is 273 g/mol. The van der Waals surface area contributed by atoms with E-state index in [2.05, 4.69) is 56.0 Å². The third kappa shape index (κ3) is 3.23. The van der Waals surface area contributed by atoms with Crippen LogP contribution in [-0.4, -0.2) is 23.9 Å². The summed E-state index contributed by atoms with van der Waals surface area (Å²) >= 11 is 0. The zero-order chi connectivity index (χ0) is 14.8. The topological polar surface area (TPSA) is 20.3 Å². The van der Waals surface area contributed by atoms with Crippen molar-refractivity contribution in [3.05, 3.63) is 35.9 Å². The molecule has 0 N–H and O–H groups in total. The van der Waals surface area contributed by atoms with E-state index >= 15 is 0 Å². The van der Waals surface area contributed by atoms with Gasteiger partial charge < -0.3 is 4.90 Å². The van der Waals surface area contributed by atoms with Gasteiger partial charge in [0.1, 0.15) is 0 Å². The first-order valence-electron chi connectivity index (χ1n) is 7.80. The summed E-state index contributed by atoms with van der Waals surface area (Å²) in [5.74, 6) is 1.44. The predicted molar refractivity (Wildman–Crippen MR) is 83.6 cm³/mol. The fraction of sp³-hybridized carbons (Fsp3) is 0.611. The highest BCUT2D eigenvalue weighted by Gasteiger charge is 2.51. The van der Waals surface area contributed by atoms with E-state index in [1.54, 1.807) is 0 Å². The Labute approximate surface area is 123 Å². The molecule has 1 aromatic carbocycles. The van der Waals surface area contributed by atoms with Crippen molar-refractivity contribution in [1.29, 1.82) is 0 Å². The molecule has 2 rings (SSSR count). The lowest BCUT2D eigenvalue weighted by molar-refractivity contribution is -0.131. The van der Waals surface area contributed by atoms with Gasteiger partial charge in [0.2, 0.25) is 5.91 Å². The number of benzene rings is 1. The van der Waals surface area contributed by atoms with E-state index in [1.807, 2.05) is 6.92 Å². The van der Waals surface area contributed by atoms with Crippen LogP contribution in [0.5, 0.6) is 0 Å². The molecule has 0 spiro atoms. The summed E-state index contributed by atoms with van der Waals surface area (Å²) in [7, 11) is 0. The first kappa shape index (κ1) is 15.1. The number of rotatable bonds is 6. The third-order valence-electron chi connectivity index (χ3n) is 4.53. The first-order chi connectivity index (χ1) is 9.47. The second-order valence-electron chi connectivity index (χ2n) is 6.73. The molecule has 0 aromatic heterocycles. The van der Waals surface area contributed by atoms with Crippen LogP contribution in [0.3, 0.4) is 0 Å². The zero-order valence-electron chi connectivity index (χ0n) is 13.2. The van der Waals surface area contributed by atoms with Crippen LogP contribution in [0.1, 0.15) is 46.1 Å². The van der Waals surface area contributed by atoms with Gasteiger partial charge in [-0.2, -0.15) is 0 Å². The molecule has 0 radical (unpaired) electrons. The molecule has 0 heterocycles. The standard InChI is InChI=1S/C18H27NO/c1-5-17(20)19(12-14(2)3)13-16-11-18(16,4)15-9-7-6-8-10-15/h6-10,14,16H,5,11-13H2,1-4H3. The molecule has 2 atom stereocenters. The molecule has 0 saturated heterocycles. The normalized spacial score (nSPS) is 24.8. The van der Waals surface area contributed by atoms with Gasteiger partial charge in [-0.3, -0.25) is 4.79 Å². The van der Waals surface area contributed by atoms with Crippen molar-refractivity contribution in [2.75, 3.05) is 13.1 Å². The summed E-state index contributed by atoms with van der Waals surface area (Å²) in [6, 6.07) is 10.7. The van der Waals surface area contributed by atoms with Gasteiger partial charge in [0.25, 0.3) is 0 Å². The molecule has 0 aliphatic heterocycles. The van der Waals surface area contributed by atoms with Crippen molar-refractivity contribution >= 4 is 5.91 Å². The van der Waals surface area contributed by atoms with E-state index < -0.39 is 0 Å². The Morgan fingerprint density at radius 2 is 2.00 bits per heavy atom. The van der Waals surface area contributed by atoms with Gasteiger partial charge in [0.15, 0.2) is 0 Å². The molecule has 0 bridgehead atoms. The summed E-state index contributed by atoms with van der Waals surface area (Å²) in [6.45, 7) is 10.4. The highest BCUT2D eigenvalue weighted by Crippen LogP contribution is 2.54. The van der Waals surface area contributed by atoms with Crippen molar-refractivity contribution in [1.82, 2.24) is 4.90 Å². The Bertz CT molecular complexity index is 454. The van der Waals surface area contributed by atoms with Gasteiger partial charge in [-0.15, -0.1) is 0 Å². The summed E-state index contributed by atoms with van der Waals surface area (Å²) < 4.78 is 0. The molecule has 1 aliphatic carbocycles. The summed E-state index contributed by atoms with van der Waals surface area (Å²) in [6.07, 6.45) is 1.81. The highest BCUT2D eigenvalue weighted by atomic mass is 16.2. The first-order valence-corrected chi connectivity index (χ1v) is 7.80. The quantitative estimate of drug-likeness (QED) is 0.770. The molecule has 1 fully saturated rings. The van der Waals surface area contributed by atoms with E-state index in [9.17, 15) is 4.79 Å². The lowest BCUT2D eigenvalue weighted by Crippen LogP contribution is -2.36. The molecule has 2 nitrogen and oxygen atoms in total. The molecule has 1 saturated carbocycles. The highest BCUT2D eigenvalue weighted by molar-refractivity contribution is 5.75. The monoisotopic (exact) mass is 273 g/mol. The Morgan fingerprint density at radius 1 is 1.35 bits per heavy atom. The van der Waals surface area contributed by atoms with Gasteiger partial charge in [0, 0.05) is 19.5 Å². The smallest absolute Gasteiger partial charge is 0.222 e. The minimum atomic E-state index is 0.268. The summed E-state index contributed by atoms with van der Waals surface area (Å²) in [5.41, 5.74) is 1.68. The van der Waals surface area contributed by atoms with Crippen LogP contribution < -0.4 is 0 Å². The van der Waals surface area contributed by atoms with Crippen molar-refractivity contribution in [2.24, 2.45) is 11.8 Å². The van der Waals surface area contributed by atoms with Crippen molar-refractivity contribution in [3.63, 3.8) is 0 Å². The number of carbonyl (C=O) groups is 1. The van der Waals surface area contributed by atoms with Gasteiger partial charge >= 0.3 is 0 Å². The molecule has 20 heavy (non-hydrogen) atoms. The number of hydrogen-bond acceptors (Lipinski definition) is 1. The lowest BCUT2D eigenvalue weighted by atomic mass is 9.95. The molecule has 1 aliphatic rings. The second kappa shape index (κ2) is 5.99. The molecular formula is C18H27NO. The second-order valence-corrected chi connectivity index (χ2v) is 6.73. The third-order valence-corrected chi connectivity index (χ3v) is 4.53. The maximum atomic E-state index is 12.1. The minimum absolute atomic E-state index is 0.268. The molecule has 1 amide bonds.